The van der Waals surface area contributed by atoms with Crippen LogP contribution in [0.25, 0.3) is 5.65 Å². The van der Waals surface area contributed by atoms with E-state index in [0.29, 0.717) is 30.0 Å². The summed E-state index contributed by atoms with van der Waals surface area (Å²) in [6, 6.07) is 7.28. The van der Waals surface area contributed by atoms with Gasteiger partial charge < -0.3 is 9.80 Å². The van der Waals surface area contributed by atoms with Gasteiger partial charge in [0.25, 0.3) is 11.8 Å². The van der Waals surface area contributed by atoms with Crippen molar-refractivity contribution in [2.24, 2.45) is 0 Å². The molecule has 0 aliphatic carbocycles. The lowest BCUT2D eigenvalue weighted by Gasteiger charge is -2.32. The van der Waals surface area contributed by atoms with E-state index in [2.05, 4.69) is 15.1 Å². The predicted molar refractivity (Wildman–Crippen MR) is 103 cm³/mol. The lowest BCUT2D eigenvalue weighted by molar-refractivity contribution is 0.0699. The number of nitrogens with zero attached hydrogens (tertiary/aromatic N) is 6. The summed E-state index contributed by atoms with van der Waals surface area (Å²) in [6.45, 7) is 1.30. The Morgan fingerprint density at radius 2 is 2.00 bits per heavy atom. The summed E-state index contributed by atoms with van der Waals surface area (Å²) >= 11 is 0. The first-order valence-electron chi connectivity index (χ1n) is 9.31. The van der Waals surface area contributed by atoms with E-state index in [4.69, 9.17) is 0 Å². The summed E-state index contributed by atoms with van der Waals surface area (Å²) in [7, 11) is 3.41. The standard InChI is InChI=1S/C20H22N6O2/c1-24(2)19(27)15-12-23-26-17(8-10-22-18(15)26)14-6-5-11-25(13-14)20(28)16-7-3-4-9-21-16/h3-4,7-10,12,14H,5-6,11,13H2,1-2H3/t14-/m1/s1. The summed E-state index contributed by atoms with van der Waals surface area (Å²) in [5.41, 5.74) is 2.44. The van der Waals surface area contributed by atoms with Gasteiger partial charge in [0.2, 0.25) is 0 Å². The maximum absolute atomic E-state index is 12.8. The Hall–Kier alpha value is -3.29. The van der Waals surface area contributed by atoms with Gasteiger partial charge in [0, 0.05) is 45.5 Å². The van der Waals surface area contributed by atoms with Crippen LogP contribution in [0.2, 0.25) is 0 Å². The van der Waals surface area contributed by atoms with Gasteiger partial charge in [-0.25, -0.2) is 9.50 Å². The molecule has 1 aliphatic heterocycles. The average Bonchev–Trinajstić information content (AvgIpc) is 3.17. The number of amides is 2. The van der Waals surface area contributed by atoms with E-state index >= 15 is 0 Å². The highest BCUT2D eigenvalue weighted by Crippen LogP contribution is 2.28. The van der Waals surface area contributed by atoms with E-state index in [1.54, 1.807) is 49.3 Å². The van der Waals surface area contributed by atoms with E-state index in [1.165, 1.54) is 4.90 Å². The molecular weight excluding hydrogens is 356 g/mol. The molecule has 0 N–H and O–H groups in total. The topological polar surface area (TPSA) is 83.7 Å². The minimum absolute atomic E-state index is 0.0560. The molecular formula is C20H22N6O2. The van der Waals surface area contributed by atoms with Crippen LogP contribution in [0.5, 0.6) is 0 Å². The van der Waals surface area contributed by atoms with Crippen LogP contribution in [0.15, 0.2) is 42.9 Å². The van der Waals surface area contributed by atoms with Crippen molar-refractivity contribution in [2.75, 3.05) is 27.2 Å². The van der Waals surface area contributed by atoms with Gasteiger partial charge in [-0.3, -0.25) is 14.6 Å². The lowest BCUT2D eigenvalue weighted by atomic mass is 9.94. The molecule has 0 spiro atoms. The van der Waals surface area contributed by atoms with Crippen molar-refractivity contribution in [3.8, 4) is 0 Å². The Bertz CT molecular complexity index is 1010. The minimum atomic E-state index is -0.129. The molecule has 4 heterocycles. The van der Waals surface area contributed by atoms with Crippen molar-refractivity contribution in [3.05, 3.63) is 59.8 Å². The molecule has 0 saturated carbocycles. The summed E-state index contributed by atoms with van der Waals surface area (Å²) in [4.78, 5) is 37.1. The van der Waals surface area contributed by atoms with Crippen molar-refractivity contribution in [1.29, 1.82) is 0 Å². The largest absolute Gasteiger partial charge is 0.345 e. The number of rotatable bonds is 3. The van der Waals surface area contributed by atoms with Gasteiger partial charge >= 0.3 is 0 Å². The Balaban J connectivity index is 1.63. The second kappa shape index (κ2) is 7.38. The number of pyridine rings is 1. The molecule has 8 heteroatoms. The predicted octanol–water partition coefficient (Wildman–Crippen LogP) is 1.85. The highest BCUT2D eigenvalue weighted by Gasteiger charge is 2.28. The van der Waals surface area contributed by atoms with Crippen LogP contribution in [0.3, 0.4) is 0 Å². The van der Waals surface area contributed by atoms with Crippen LogP contribution in [-0.4, -0.2) is 68.4 Å². The van der Waals surface area contributed by atoms with Crippen LogP contribution >= 0.6 is 0 Å². The quantitative estimate of drug-likeness (QED) is 0.694. The fraction of sp³-hybridized carbons (Fsp3) is 0.350. The number of carbonyl (C=O) groups excluding carboxylic acids is 2. The van der Waals surface area contributed by atoms with Crippen molar-refractivity contribution in [2.45, 2.75) is 18.8 Å². The van der Waals surface area contributed by atoms with E-state index in [-0.39, 0.29) is 17.7 Å². The minimum Gasteiger partial charge on any atom is -0.345 e. The lowest BCUT2D eigenvalue weighted by Crippen LogP contribution is -2.39. The Morgan fingerprint density at radius 3 is 2.75 bits per heavy atom. The zero-order valence-electron chi connectivity index (χ0n) is 15.9. The Labute approximate surface area is 162 Å². The molecule has 3 aromatic rings. The van der Waals surface area contributed by atoms with Crippen molar-refractivity contribution in [1.82, 2.24) is 29.4 Å². The maximum Gasteiger partial charge on any atom is 0.272 e. The first kappa shape index (κ1) is 18.1. The van der Waals surface area contributed by atoms with Crippen LogP contribution in [0, 0.1) is 0 Å². The van der Waals surface area contributed by atoms with E-state index in [9.17, 15) is 9.59 Å². The van der Waals surface area contributed by atoms with E-state index in [1.807, 2.05) is 17.0 Å². The summed E-state index contributed by atoms with van der Waals surface area (Å²) in [5.74, 6) is -0.0658. The second-order valence-electron chi connectivity index (χ2n) is 7.17. The van der Waals surface area contributed by atoms with Crippen LogP contribution in [-0.2, 0) is 0 Å². The average molecular weight is 378 g/mol. The molecule has 144 valence electrons. The third kappa shape index (κ3) is 3.21. The molecule has 0 bridgehead atoms. The molecule has 1 atom stereocenters. The highest BCUT2D eigenvalue weighted by molar-refractivity contribution is 5.99. The Morgan fingerprint density at radius 1 is 1.14 bits per heavy atom. The molecule has 1 fully saturated rings. The number of hydrogen-bond acceptors (Lipinski definition) is 5. The number of aromatic nitrogens is 4. The summed E-state index contributed by atoms with van der Waals surface area (Å²) < 4.78 is 1.73. The van der Waals surface area contributed by atoms with Gasteiger partial charge in [0.05, 0.1) is 11.9 Å². The molecule has 0 aromatic carbocycles. The van der Waals surface area contributed by atoms with Gasteiger partial charge in [-0.1, -0.05) is 6.07 Å². The summed E-state index contributed by atoms with van der Waals surface area (Å²) in [5, 5.41) is 4.42. The smallest absolute Gasteiger partial charge is 0.272 e. The van der Waals surface area contributed by atoms with Crippen LogP contribution in [0.1, 0.15) is 45.3 Å². The number of carbonyl (C=O) groups is 2. The SMILES string of the molecule is CN(C)C(=O)c1cnn2c([C@@H]3CCCN(C(=O)c4ccccn4)C3)ccnc12. The van der Waals surface area contributed by atoms with Gasteiger partial charge in [0.15, 0.2) is 5.65 Å². The molecule has 1 saturated heterocycles. The molecule has 2 amide bonds. The third-order valence-corrected chi connectivity index (χ3v) is 5.08. The van der Waals surface area contributed by atoms with Gasteiger partial charge in [-0.2, -0.15) is 5.10 Å². The number of piperidine rings is 1. The molecule has 28 heavy (non-hydrogen) atoms. The van der Waals surface area contributed by atoms with Crippen LogP contribution < -0.4 is 0 Å². The van der Waals surface area contributed by atoms with E-state index in [0.717, 1.165) is 18.5 Å². The fourth-order valence-corrected chi connectivity index (χ4v) is 3.67. The third-order valence-electron chi connectivity index (χ3n) is 5.08. The summed E-state index contributed by atoms with van der Waals surface area (Å²) in [6.07, 6.45) is 6.75. The monoisotopic (exact) mass is 378 g/mol. The fourth-order valence-electron chi connectivity index (χ4n) is 3.67. The van der Waals surface area contributed by atoms with Crippen molar-refractivity contribution in [3.63, 3.8) is 0 Å². The Kier molecular flexibility index (Phi) is 4.77. The van der Waals surface area contributed by atoms with Gasteiger partial charge in [-0.05, 0) is 31.0 Å². The first-order valence-corrected chi connectivity index (χ1v) is 9.31. The normalized spacial score (nSPS) is 16.9. The molecule has 3 aromatic heterocycles. The maximum atomic E-state index is 12.8. The number of likely N-dealkylation sites (tertiary alicyclic amines) is 1. The van der Waals surface area contributed by atoms with Crippen LogP contribution in [0.4, 0.5) is 0 Å². The molecule has 0 unspecified atom stereocenters. The molecule has 0 radical (unpaired) electrons. The number of hydrogen-bond donors (Lipinski definition) is 0. The zero-order chi connectivity index (χ0) is 19.7. The van der Waals surface area contributed by atoms with Gasteiger partial charge in [-0.15, -0.1) is 0 Å². The molecule has 8 nitrogen and oxygen atoms in total. The molecule has 4 rings (SSSR count). The van der Waals surface area contributed by atoms with Crippen molar-refractivity contribution >= 4 is 17.5 Å². The second-order valence-corrected chi connectivity index (χ2v) is 7.17. The number of fused-ring (bicyclic) bond motifs is 1. The molecule has 1 aliphatic rings. The van der Waals surface area contributed by atoms with E-state index < -0.39 is 0 Å². The zero-order valence-corrected chi connectivity index (χ0v) is 15.9. The first-order chi connectivity index (χ1) is 13.6. The highest BCUT2D eigenvalue weighted by atomic mass is 16.2. The van der Waals surface area contributed by atoms with Gasteiger partial charge in [0.1, 0.15) is 11.3 Å². The van der Waals surface area contributed by atoms with Crippen molar-refractivity contribution < 1.29 is 9.59 Å².